The van der Waals surface area contributed by atoms with Crippen LogP contribution in [0.25, 0.3) is 11.1 Å². The van der Waals surface area contributed by atoms with Crippen molar-refractivity contribution in [2.45, 2.75) is 18.9 Å². The monoisotopic (exact) mass is 418 g/mol. The number of aryl methyl sites for hydroxylation is 1. The highest BCUT2D eigenvalue weighted by molar-refractivity contribution is 5.92. The molecule has 0 unspecified atom stereocenters. The molecule has 1 N–H and O–H groups in total. The quantitative estimate of drug-likeness (QED) is 0.703. The van der Waals surface area contributed by atoms with Gasteiger partial charge < -0.3 is 14.6 Å². The summed E-state index contributed by atoms with van der Waals surface area (Å²) >= 11 is 0. The molecule has 1 amide bonds. The van der Waals surface area contributed by atoms with Crippen molar-refractivity contribution in [3.63, 3.8) is 0 Å². The van der Waals surface area contributed by atoms with Gasteiger partial charge in [-0.2, -0.15) is 5.10 Å². The topological polar surface area (TPSA) is 97.4 Å². The summed E-state index contributed by atoms with van der Waals surface area (Å²) in [5, 5.41) is 13.2. The van der Waals surface area contributed by atoms with Crippen LogP contribution in [0.5, 0.6) is 0 Å². The number of hydrogen-bond donors (Lipinski definition) is 1. The van der Waals surface area contributed by atoms with Crippen molar-refractivity contribution in [2.75, 3.05) is 13.1 Å². The first kappa shape index (κ1) is 19.3. The van der Waals surface area contributed by atoms with Crippen LogP contribution in [-0.2, 0) is 13.6 Å². The third-order valence-corrected chi connectivity index (χ3v) is 6.35. The predicted octanol–water partition coefficient (Wildman–Crippen LogP) is 2.21. The van der Waals surface area contributed by atoms with E-state index in [0.29, 0.717) is 25.3 Å². The number of amides is 1. The van der Waals surface area contributed by atoms with E-state index >= 15 is 0 Å². The fourth-order valence-corrected chi connectivity index (χ4v) is 4.84. The molecule has 1 saturated heterocycles. The summed E-state index contributed by atoms with van der Waals surface area (Å²) in [4.78, 5) is 38.9. The minimum Gasteiger partial charge on any atom is -0.478 e. The van der Waals surface area contributed by atoms with Crippen LogP contribution in [0.4, 0.5) is 0 Å². The van der Waals surface area contributed by atoms with Crippen LogP contribution in [0, 0.1) is 5.92 Å². The highest BCUT2D eigenvalue weighted by Gasteiger charge is 2.37. The number of piperidine rings is 1. The Kier molecular flexibility index (Phi) is 4.50. The van der Waals surface area contributed by atoms with E-state index in [0.717, 1.165) is 23.2 Å². The summed E-state index contributed by atoms with van der Waals surface area (Å²) in [6, 6.07) is 11.9. The van der Waals surface area contributed by atoms with E-state index in [9.17, 15) is 14.4 Å². The van der Waals surface area contributed by atoms with Gasteiger partial charge in [-0.25, -0.2) is 4.79 Å². The molecular formula is C23H22N4O4. The number of carboxylic acids is 1. The van der Waals surface area contributed by atoms with Gasteiger partial charge in [0, 0.05) is 50.6 Å². The molecule has 2 aliphatic rings. The molecule has 8 heteroatoms. The molecule has 4 heterocycles. The Morgan fingerprint density at radius 2 is 1.81 bits per heavy atom. The third kappa shape index (κ3) is 3.34. The number of carbonyl (C=O) groups is 2. The molecule has 8 nitrogen and oxygen atoms in total. The highest BCUT2D eigenvalue weighted by atomic mass is 16.4. The largest absolute Gasteiger partial charge is 0.478 e. The second kappa shape index (κ2) is 7.23. The van der Waals surface area contributed by atoms with E-state index in [-0.39, 0.29) is 28.9 Å². The molecule has 1 aromatic carbocycles. The molecule has 31 heavy (non-hydrogen) atoms. The summed E-state index contributed by atoms with van der Waals surface area (Å²) in [7, 11) is 1.76. The maximum absolute atomic E-state index is 13.0. The van der Waals surface area contributed by atoms with Gasteiger partial charge in [-0.15, -0.1) is 0 Å². The minimum atomic E-state index is -0.983. The third-order valence-electron chi connectivity index (χ3n) is 6.35. The number of carboxylic acid groups (broad SMARTS) is 1. The van der Waals surface area contributed by atoms with Gasteiger partial charge in [-0.3, -0.25) is 14.3 Å². The fourth-order valence-electron chi connectivity index (χ4n) is 4.84. The Morgan fingerprint density at radius 3 is 2.48 bits per heavy atom. The molecular weight excluding hydrogens is 396 g/mol. The van der Waals surface area contributed by atoms with Gasteiger partial charge in [0.25, 0.3) is 11.5 Å². The molecule has 0 spiro atoms. The first-order chi connectivity index (χ1) is 14.9. The van der Waals surface area contributed by atoms with E-state index in [1.807, 2.05) is 15.5 Å². The zero-order valence-corrected chi connectivity index (χ0v) is 17.1. The molecule has 0 saturated carbocycles. The summed E-state index contributed by atoms with van der Waals surface area (Å²) in [5.74, 6) is -0.702. The van der Waals surface area contributed by atoms with Crippen LogP contribution >= 0.6 is 0 Å². The van der Waals surface area contributed by atoms with Crippen molar-refractivity contribution in [1.82, 2.24) is 19.2 Å². The van der Waals surface area contributed by atoms with Gasteiger partial charge >= 0.3 is 5.97 Å². The second-order valence-electron chi connectivity index (χ2n) is 8.35. The summed E-state index contributed by atoms with van der Waals surface area (Å²) in [6.07, 6.45) is 2.56. The lowest BCUT2D eigenvalue weighted by Gasteiger charge is -2.42. The molecule has 3 aromatic rings. The number of nitrogens with zero attached hydrogens (tertiary/aromatic N) is 4. The zero-order valence-electron chi connectivity index (χ0n) is 17.1. The fraction of sp³-hybridized carbons (Fsp3) is 0.304. The lowest BCUT2D eigenvalue weighted by Crippen LogP contribution is -2.49. The lowest BCUT2D eigenvalue weighted by molar-refractivity contribution is 0.0583. The number of aromatic carboxylic acids is 1. The van der Waals surface area contributed by atoms with Gasteiger partial charge in [0.1, 0.15) is 5.69 Å². The molecule has 0 radical (unpaired) electrons. The van der Waals surface area contributed by atoms with Crippen molar-refractivity contribution in [1.29, 1.82) is 0 Å². The van der Waals surface area contributed by atoms with Crippen LogP contribution in [0.3, 0.4) is 0 Å². The predicted molar refractivity (Wildman–Crippen MR) is 113 cm³/mol. The Labute approximate surface area is 178 Å². The normalized spacial score (nSPS) is 19.7. The van der Waals surface area contributed by atoms with E-state index in [1.165, 1.54) is 0 Å². The summed E-state index contributed by atoms with van der Waals surface area (Å²) in [6.45, 7) is 1.78. The Morgan fingerprint density at radius 1 is 1.03 bits per heavy atom. The van der Waals surface area contributed by atoms with Crippen molar-refractivity contribution in [3.05, 3.63) is 76.0 Å². The van der Waals surface area contributed by atoms with Crippen LogP contribution in [-0.4, -0.2) is 49.3 Å². The molecule has 2 aliphatic heterocycles. The van der Waals surface area contributed by atoms with Gasteiger partial charge in [0.2, 0.25) is 0 Å². The summed E-state index contributed by atoms with van der Waals surface area (Å²) in [5.41, 5.74) is 3.20. The van der Waals surface area contributed by atoms with E-state index < -0.39 is 5.97 Å². The molecule has 158 valence electrons. The highest BCUT2D eigenvalue weighted by Crippen LogP contribution is 2.37. The number of pyridine rings is 1. The van der Waals surface area contributed by atoms with Gasteiger partial charge in [-0.1, -0.05) is 12.1 Å². The van der Waals surface area contributed by atoms with E-state index in [2.05, 4.69) is 5.10 Å². The Balaban J connectivity index is 1.48. The average Bonchev–Trinajstić information content (AvgIpc) is 3.19. The van der Waals surface area contributed by atoms with Crippen molar-refractivity contribution < 1.29 is 14.7 Å². The SMILES string of the molecule is Cn1nccc1C(=O)N1C[C@@H]2C[C@H](C1)c1cc(-c3ccc(C(=O)O)cc3)cc(=O)n1C2. The summed E-state index contributed by atoms with van der Waals surface area (Å²) < 4.78 is 3.42. The number of rotatable bonds is 3. The second-order valence-corrected chi connectivity index (χ2v) is 8.35. The first-order valence-corrected chi connectivity index (χ1v) is 10.3. The van der Waals surface area contributed by atoms with Crippen molar-refractivity contribution >= 4 is 11.9 Å². The molecule has 1 fully saturated rings. The maximum atomic E-state index is 13.0. The number of hydrogen-bond acceptors (Lipinski definition) is 4. The van der Waals surface area contributed by atoms with Crippen LogP contribution in [0.15, 0.2) is 53.5 Å². The van der Waals surface area contributed by atoms with Crippen molar-refractivity contribution in [2.24, 2.45) is 13.0 Å². The zero-order chi connectivity index (χ0) is 21.7. The van der Waals surface area contributed by atoms with E-state index in [4.69, 9.17) is 5.11 Å². The van der Waals surface area contributed by atoms with Crippen LogP contribution < -0.4 is 5.56 Å². The van der Waals surface area contributed by atoms with E-state index in [1.54, 1.807) is 54.3 Å². The average molecular weight is 418 g/mol. The van der Waals surface area contributed by atoms with Gasteiger partial charge in [0.05, 0.1) is 5.56 Å². The number of fused-ring (bicyclic) bond motifs is 4. The molecule has 2 atom stereocenters. The molecule has 2 aromatic heterocycles. The number of benzene rings is 1. The Hall–Kier alpha value is -3.68. The number of carbonyl (C=O) groups excluding carboxylic acids is 1. The molecule has 2 bridgehead atoms. The Bertz CT molecular complexity index is 1240. The lowest BCUT2D eigenvalue weighted by atomic mass is 9.82. The van der Waals surface area contributed by atoms with Gasteiger partial charge in [0.15, 0.2) is 0 Å². The van der Waals surface area contributed by atoms with Gasteiger partial charge in [-0.05, 0) is 47.7 Å². The first-order valence-electron chi connectivity index (χ1n) is 10.3. The smallest absolute Gasteiger partial charge is 0.335 e. The molecule has 0 aliphatic carbocycles. The van der Waals surface area contributed by atoms with Crippen LogP contribution in [0.2, 0.25) is 0 Å². The standard InChI is InChI=1S/C23H22N4O4/c1-25-19(6-7-24-25)22(29)26-11-14-8-18(13-26)20-9-17(10-21(28)27(20)12-14)15-2-4-16(5-3-15)23(30)31/h2-7,9-10,14,18H,8,11-13H2,1H3,(H,30,31)/t14-,18+/m0/s1. The maximum Gasteiger partial charge on any atom is 0.335 e. The van der Waals surface area contributed by atoms with Crippen molar-refractivity contribution in [3.8, 4) is 11.1 Å². The number of likely N-dealkylation sites (tertiary alicyclic amines) is 1. The number of aromatic nitrogens is 3. The molecule has 5 rings (SSSR count). The minimum absolute atomic E-state index is 0.0362. The van der Waals surface area contributed by atoms with Crippen LogP contribution in [0.1, 0.15) is 38.9 Å².